The van der Waals surface area contributed by atoms with E-state index in [1.165, 1.54) is 12.1 Å². The van der Waals surface area contributed by atoms with E-state index >= 15 is 0 Å². The number of hydrogen-bond donors (Lipinski definition) is 3. The molecule has 5 aromatic heterocycles. The average molecular weight is 591 g/mol. The molecule has 0 atom stereocenters. The summed E-state index contributed by atoms with van der Waals surface area (Å²) < 4.78 is 20.5. The molecule has 1 saturated carbocycles. The third-order valence-corrected chi connectivity index (χ3v) is 7.94. The van der Waals surface area contributed by atoms with Gasteiger partial charge in [-0.1, -0.05) is 6.42 Å². The maximum absolute atomic E-state index is 14.6. The molecule has 6 aromatic rings. The molecule has 0 unspecified atom stereocenters. The number of rotatable bonds is 9. The molecule has 3 N–H and O–H groups in total. The normalized spacial score (nSPS) is 13.5. The van der Waals surface area contributed by atoms with Crippen molar-refractivity contribution in [1.29, 1.82) is 0 Å². The summed E-state index contributed by atoms with van der Waals surface area (Å²) in [5, 5.41) is 11.4. The Hall–Kier alpha value is -5.16. The summed E-state index contributed by atoms with van der Waals surface area (Å²) in [6.07, 6.45) is 8.03. The van der Waals surface area contributed by atoms with E-state index in [4.69, 9.17) is 9.72 Å². The molecule has 1 aliphatic rings. The number of ether oxygens (including phenoxy) is 1. The summed E-state index contributed by atoms with van der Waals surface area (Å²) in [6, 6.07) is 14.2. The monoisotopic (exact) mass is 590 g/mol. The molecule has 0 aliphatic heterocycles. The van der Waals surface area contributed by atoms with Gasteiger partial charge in [-0.3, -0.25) is 19.9 Å². The second-order valence-corrected chi connectivity index (χ2v) is 11.4. The molecule has 44 heavy (non-hydrogen) atoms. The van der Waals surface area contributed by atoms with E-state index in [0.29, 0.717) is 52.8 Å². The van der Waals surface area contributed by atoms with Gasteiger partial charge in [0.1, 0.15) is 29.4 Å². The van der Waals surface area contributed by atoms with E-state index in [-0.39, 0.29) is 11.8 Å². The Bertz CT molecular complexity index is 2000. The first-order valence-corrected chi connectivity index (χ1v) is 14.6. The van der Waals surface area contributed by atoms with Crippen molar-refractivity contribution in [2.45, 2.75) is 19.3 Å². The van der Waals surface area contributed by atoms with E-state index in [1.54, 1.807) is 18.6 Å². The Morgan fingerprint density at radius 2 is 1.93 bits per heavy atom. The van der Waals surface area contributed by atoms with E-state index in [2.05, 4.69) is 30.5 Å². The van der Waals surface area contributed by atoms with Gasteiger partial charge >= 0.3 is 0 Å². The number of likely N-dealkylation sites (N-methyl/N-ethyl adjacent to an activating group) is 1. The molecule has 0 radical (unpaired) electrons. The minimum atomic E-state index is -0.395. The number of carbonyl (C=O) groups is 1. The lowest BCUT2D eigenvalue weighted by molar-refractivity contribution is -0.122. The number of aromatic nitrogens is 6. The third-order valence-electron chi connectivity index (χ3n) is 7.94. The molecule has 0 bridgehead atoms. The number of benzene rings is 1. The van der Waals surface area contributed by atoms with Crippen LogP contribution in [0.25, 0.3) is 55.8 Å². The number of fused-ring (bicyclic) bond motifs is 2. The van der Waals surface area contributed by atoms with Crippen LogP contribution < -0.4 is 10.1 Å². The largest absolute Gasteiger partial charge is 0.492 e. The van der Waals surface area contributed by atoms with Crippen LogP contribution in [0.15, 0.2) is 67.1 Å². The van der Waals surface area contributed by atoms with Crippen molar-refractivity contribution in [3.8, 4) is 39.7 Å². The summed E-state index contributed by atoms with van der Waals surface area (Å²) in [6.45, 7) is 1.16. The lowest BCUT2D eigenvalue weighted by Gasteiger charge is -2.24. The highest BCUT2D eigenvalue weighted by Crippen LogP contribution is 2.35. The molecule has 11 heteroatoms. The second-order valence-electron chi connectivity index (χ2n) is 11.4. The number of amides is 1. The molecule has 1 amide bonds. The molecule has 7 rings (SSSR count). The predicted octanol–water partition coefficient (Wildman–Crippen LogP) is 6.05. The molecular formula is C33H31FN8O2. The van der Waals surface area contributed by atoms with Crippen LogP contribution in [0.1, 0.15) is 19.3 Å². The van der Waals surface area contributed by atoms with Crippen LogP contribution in [0.4, 0.5) is 10.1 Å². The minimum absolute atomic E-state index is 0.0368. The van der Waals surface area contributed by atoms with Crippen molar-refractivity contribution in [3.05, 3.63) is 72.9 Å². The third kappa shape index (κ3) is 5.49. The Kier molecular flexibility index (Phi) is 7.23. The van der Waals surface area contributed by atoms with Gasteiger partial charge in [-0.2, -0.15) is 5.10 Å². The summed E-state index contributed by atoms with van der Waals surface area (Å²) in [4.78, 5) is 31.8. The van der Waals surface area contributed by atoms with Crippen molar-refractivity contribution in [2.24, 2.45) is 5.92 Å². The van der Waals surface area contributed by atoms with Crippen LogP contribution in [0.2, 0.25) is 0 Å². The lowest BCUT2D eigenvalue weighted by Crippen LogP contribution is -2.28. The number of pyridine rings is 3. The molecule has 0 spiro atoms. The minimum Gasteiger partial charge on any atom is -0.492 e. The summed E-state index contributed by atoms with van der Waals surface area (Å²) in [5.41, 5.74) is 7.02. The number of halogens is 1. The lowest BCUT2D eigenvalue weighted by atomic mass is 9.85. The van der Waals surface area contributed by atoms with Crippen LogP contribution in [0.3, 0.4) is 0 Å². The number of hydrogen-bond acceptors (Lipinski definition) is 7. The van der Waals surface area contributed by atoms with Crippen LogP contribution in [-0.4, -0.2) is 68.2 Å². The smallest absolute Gasteiger partial charge is 0.227 e. The van der Waals surface area contributed by atoms with Crippen molar-refractivity contribution < 1.29 is 13.9 Å². The zero-order valence-corrected chi connectivity index (χ0v) is 24.4. The molecule has 1 aromatic carbocycles. The van der Waals surface area contributed by atoms with Gasteiger partial charge in [0.25, 0.3) is 0 Å². The van der Waals surface area contributed by atoms with E-state index in [9.17, 15) is 9.18 Å². The topological polar surface area (TPSA) is 125 Å². The van der Waals surface area contributed by atoms with Gasteiger partial charge in [-0.25, -0.2) is 9.37 Å². The van der Waals surface area contributed by atoms with Crippen molar-refractivity contribution in [1.82, 2.24) is 35.0 Å². The van der Waals surface area contributed by atoms with Gasteiger partial charge < -0.3 is 19.9 Å². The van der Waals surface area contributed by atoms with E-state index in [1.807, 2.05) is 55.4 Å². The first-order chi connectivity index (χ1) is 21.4. The number of nitrogens with zero attached hydrogens (tertiary/aromatic N) is 5. The molecule has 222 valence electrons. The molecular weight excluding hydrogens is 559 g/mol. The fraction of sp³-hybridized carbons (Fsp3) is 0.242. The fourth-order valence-electron chi connectivity index (χ4n) is 5.35. The van der Waals surface area contributed by atoms with Crippen LogP contribution in [0.5, 0.6) is 5.75 Å². The maximum atomic E-state index is 14.6. The van der Waals surface area contributed by atoms with Gasteiger partial charge in [-0.05, 0) is 69.4 Å². The summed E-state index contributed by atoms with van der Waals surface area (Å²) in [5.74, 6) is 0.174. The number of nitrogens with one attached hydrogen (secondary N) is 3. The van der Waals surface area contributed by atoms with E-state index in [0.717, 1.165) is 46.9 Å². The molecule has 1 aliphatic carbocycles. The second kappa shape index (κ2) is 11.5. The standard InChI is InChI=1S/C33H31FN8O2/c1-42(2)10-11-44-24-14-20(12-22(34)15-24)30-25-16-29(38-27(25)8-9-36-30)32-31-28(40-41-32)7-6-26(39-31)21-13-23(18-35-17-21)37-33(43)19-4-3-5-19/h6-9,12-19,38H,3-5,10-11H2,1-2H3,(H,37,43)(H,40,41). The Balaban J connectivity index is 1.21. The Labute approximate surface area is 252 Å². The molecule has 5 heterocycles. The van der Waals surface area contributed by atoms with Crippen molar-refractivity contribution in [3.63, 3.8) is 0 Å². The zero-order valence-electron chi connectivity index (χ0n) is 24.4. The van der Waals surface area contributed by atoms with Crippen LogP contribution in [-0.2, 0) is 4.79 Å². The van der Waals surface area contributed by atoms with E-state index < -0.39 is 5.82 Å². The SMILES string of the molecule is CN(C)CCOc1cc(F)cc(-c2nccc3[nH]c(-c4n[nH]c5ccc(-c6cncc(NC(=O)C7CCC7)c6)nc45)cc23)c1. The zero-order chi connectivity index (χ0) is 30.2. The average Bonchev–Trinajstić information content (AvgIpc) is 3.59. The Morgan fingerprint density at radius 1 is 1.05 bits per heavy atom. The number of aromatic amines is 2. The molecule has 0 saturated heterocycles. The summed E-state index contributed by atoms with van der Waals surface area (Å²) >= 11 is 0. The van der Waals surface area contributed by atoms with Gasteiger partial charge in [0.15, 0.2) is 0 Å². The summed E-state index contributed by atoms with van der Waals surface area (Å²) in [7, 11) is 3.92. The highest BCUT2D eigenvalue weighted by atomic mass is 19.1. The molecule has 10 nitrogen and oxygen atoms in total. The van der Waals surface area contributed by atoms with Crippen molar-refractivity contribution in [2.75, 3.05) is 32.6 Å². The maximum Gasteiger partial charge on any atom is 0.227 e. The number of carbonyl (C=O) groups excluding carboxylic acids is 1. The quantitative estimate of drug-likeness (QED) is 0.187. The first-order valence-electron chi connectivity index (χ1n) is 14.6. The first kappa shape index (κ1) is 27.7. The Morgan fingerprint density at radius 3 is 2.75 bits per heavy atom. The predicted molar refractivity (Wildman–Crippen MR) is 168 cm³/mol. The number of anilines is 1. The van der Waals surface area contributed by atoms with Gasteiger partial charge in [0.2, 0.25) is 5.91 Å². The fourth-order valence-corrected chi connectivity index (χ4v) is 5.35. The van der Waals surface area contributed by atoms with Gasteiger partial charge in [0.05, 0.1) is 34.5 Å². The van der Waals surface area contributed by atoms with Crippen LogP contribution >= 0.6 is 0 Å². The van der Waals surface area contributed by atoms with Gasteiger partial charge in [-0.15, -0.1) is 0 Å². The highest BCUT2D eigenvalue weighted by Gasteiger charge is 2.25. The van der Waals surface area contributed by atoms with Gasteiger partial charge in [0, 0.05) is 53.0 Å². The number of H-pyrrole nitrogens is 2. The van der Waals surface area contributed by atoms with Crippen molar-refractivity contribution >= 4 is 33.5 Å². The highest BCUT2D eigenvalue weighted by molar-refractivity contribution is 5.99. The molecule has 1 fully saturated rings. The van der Waals surface area contributed by atoms with Crippen LogP contribution in [0, 0.1) is 11.7 Å².